The number of aliphatic hydroxyl groups is 3. The number of amides is 1. The maximum atomic E-state index is 11.6. The van der Waals surface area contributed by atoms with Gasteiger partial charge in [-0.25, -0.2) is 0 Å². The first kappa shape index (κ1) is 12.4. The molecule has 1 rings (SSSR count). The number of carbonyl (C=O) groups excluding carboxylic acids is 1. The molecule has 0 aromatic rings. The Balaban J connectivity index is 2.68. The van der Waals surface area contributed by atoms with Gasteiger partial charge in [-0.3, -0.25) is 4.79 Å². The Bertz CT molecular complexity index is 233. The van der Waals surface area contributed by atoms with E-state index in [9.17, 15) is 15.0 Å². The van der Waals surface area contributed by atoms with Crippen molar-refractivity contribution in [2.24, 2.45) is 5.92 Å². The zero-order valence-corrected chi connectivity index (χ0v) is 8.83. The van der Waals surface area contributed by atoms with E-state index in [0.717, 1.165) is 0 Å². The van der Waals surface area contributed by atoms with Gasteiger partial charge in [0.1, 0.15) is 12.2 Å². The normalized spacial score (nSPS) is 36.3. The largest absolute Gasteiger partial charge is 0.394 e. The minimum Gasteiger partial charge on any atom is -0.394 e. The lowest BCUT2D eigenvalue weighted by atomic mass is 9.91. The van der Waals surface area contributed by atoms with Gasteiger partial charge in [-0.05, 0) is 0 Å². The molecule has 88 valence electrons. The molecular formula is C9H17NO5. The Morgan fingerprint density at radius 3 is 2.47 bits per heavy atom. The van der Waals surface area contributed by atoms with E-state index in [1.807, 2.05) is 0 Å². The van der Waals surface area contributed by atoms with Gasteiger partial charge >= 0.3 is 0 Å². The highest BCUT2D eigenvalue weighted by molar-refractivity contribution is 5.79. The van der Waals surface area contributed by atoms with Crippen LogP contribution in [-0.2, 0) is 9.53 Å². The summed E-state index contributed by atoms with van der Waals surface area (Å²) in [5, 5.41) is 28.0. The molecule has 0 aromatic heterocycles. The van der Waals surface area contributed by atoms with Crippen LogP contribution in [0.2, 0.25) is 0 Å². The zero-order valence-electron chi connectivity index (χ0n) is 8.83. The van der Waals surface area contributed by atoms with Crippen molar-refractivity contribution < 1.29 is 24.9 Å². The topological polar surface area (TPSA) is 90.2 Å². The highest BCUT2D eigenvalue weighted by atomic mass is 16.5. The van der Waals surface area contributed by atoms with E-state index < -0.39 is 24.2 Å². The lowest BCUT2D eigenvalue weighted by Gasteiger charge is -2.36. The molecule has 0 bridgehead atoms. The summed E-state index contributed by atoms with van der Waals surface area (Å²) >= 11 is 0. The summed E-state index contributed by atoms with van der Waals surface area (Å²) in [5.41, 5.74) is 0. The molecule has 0 aliphatic carbocycles. The first-order chi connectivity index (χ1) is 6.99. The Kier molecular flexibility index (Phi) is 4.04. The van der Waals surface area contributed by atoms with Crippen molar-refractivity contribution in [3.8, 4) is 0 Å². The summed E-state index contributed by atoms with van der Waals surface area (Å²) in [6.07, 6.45) is -3.23. The SMILES string of the molecule is CN(C)C(=O)[C@@H]1CO[C@H](CO)[C@H](O)[C@@H]1O. The second-order valence-corrected chi connectivity index (χ2v) is 3.87. The van der Waals surface area contributed by atoms with Gasteiger partial charge in [0.25, 0.3) is 0 Å². The number of carbonyl (C=O) groups is 1. The molecule has 1 fully saturated rings. The molecule has 1 saturated heterocycles. The summed E-state index contributed by atoms with van der Waals surface area (Å²) in [4.78, 5) is 12.9. The average Bonchev–Trinajstić information content (AvgIpc) is 2.21. The van der Waals surface area contributed by atoms with E-state index in [0.29, 0.717) is 0 Å². The minimum atomic E-state index is -1.22. The lowest BCUT2D eigenvalue weighted by Crippen LogP contribution is -2.55. The summed E-state index contributed by atoms with van der Waals surface area (Å²) in [7, 11) is 3.14. The molecule has 6 nitrogen and oxygen atoms in total. The van der Waals surface area contributed by atoms with Crippen LogP contribution in [0.25, 0.3) is 0 Å². The molecule has 0 unspecified atom stereocenters. The van der Waals surface area contributed by atoms with Crippen LogP contribution in [0.4, 0.5) is 0 Å². The number of hydrogen-bond acceptors (Lipinski definition) is 5. The smallest absolute Gasteiger partial charge is 0.230 e. The van der Waals surface area contributed by atoms with Gasteiger partial charge in [0, 0.05) is 14.1 Å². The van der Waals surface area contributed by atoms with Crippen molar-refractivity contribution in [1.29, 1.82) is 0 Å². The summed E-state index contributed by atoms with van der Waals surface area (Å²) in [6.45, 7) is -0.360. The molecule has 0 saturated carbocycles. The second-order valence-electron chi connectivity index (χ2n) is 3.87. The van der Waals surface area contributed by atoms with Crippen LogP contribution in [0.3, 0.4) is 0 Å². The minimum absolute atomic E-state index is 0.0144. The highest BCUT2D eigenvalue weighted by Crippen LogP contribution is 2.21. The third-order valence-electron chi connectivity index (χ3n) is 2.57. The van der Waals surface area contributed by atoms with Crippen LogP contribution in [-0.4, -0.2) is 71.7 Å². The van der Waals surface area contributed by atoms with E-state index in [4.69, 9.17) is 9.84 Å². The Morgan fingerprint density at radius 2 is 2.00 bits per heavy atom. The quantitative estimate of drug-likeness (QED) is 0.490. The standard InChI is InChI=1S/C9H17NO5/c1-10(2)9(14)5-4-15-6(3-11)8(13)7(5)12/h5-8,11-13H,3-4H2,1-2H3/t5-,6-,7-,8+/m1/s1. The number of aliphatic hydroxyl groups excluding tert-OH is 3. The molecule has 6 heteroatoms. The molecular weight excluding hydrogens is 202 g/mol. The molecule has 0 aromatic carbocycles. The predicted octanol–water partition coefficient (Wildman–Crippen LogP) is -2.20. The number of hydrogen-bond donors (Lipinski definition) is 3. The summed E-state index contributed by atoms with van der Waals surface area (Å²) in [6, 6.07) is 0. The summed E-state index contributed by atoms with van der Waals surface area (Å²) < 4.78 is 5.09. The van der Waals surface area contributed by atoms with Crippen LogP contribution in [0.1, 0.15) is 0 Å². The van der Waals surface area contributed by atoms with E-state index in [1.54, 1.807) is 14.1 Å². The second kappa shape index (κ2) is 4.89. The highest BCUT2D eigenvalue weighted by Gasteiger charge is 2.41. The molecule has 4 atom stereocenters. The van der Waals surface area contributed by atoms with Gasteiger partial charge in [-0.2, -0.15) is 0 Å². The molecule has 3 N–H and O–H groups in total. The predicted molar refractivity (Wildman–Crippen MR) is 51.0 cm³/mol. The fraction of sp³-hybridized carbons (Fsp3) is 0.889. The van der Waals surface area contributed by atoms with Crippen molar-refractivity contribution >= 4 is 5.91 Å². The lowest BCUT2D eigenvalue weighted by molar-refractivity contribution is -0.185. The molecule has 0 spiro atoms. The molecule has 1 aliphatic rings. The van der Waals surface area contributed by atoms with Gasteiger partial charge in [0.05, 0.1) is 25.2 Å². The van der Waals surface area contributed by atoms with E-state index in [2.05, 4.69) is 0 Å². The monoisotopic (exact) mass is 219 g/mol. The van der Waals surface area contributed by atoms with Crippen molar-refractivity contribution in [2.75, 3.05) is 27.3 Å². The molecule has 0 radical (unpaired) electrons. The van der Waals surface area contributed by atoms with Crippen LogP contribution in [0.15, 0.2) is 0 Å². The third kappa shape index (κ3) is 2.46. The Labute approximate surface area is 88.1 Å². The Hall–Kier alpha value is -0.690. The van der Waals surface area contributed by atoms with Crippen molar-refractivity contribution in [1.82, 2.24) is 4.90 Å². The van der Waals surface area contributed by atoms with Gasteiger partial charge in [0.15, 0.2) is 0 Å². The maximum absolute atomic E-state index is 11.6. The van der Waals surface area contributed by atoms with Gasteiger partial charge < -0.3 is 25.0 Å². The number of ether oxygens (including phenoxy) is 1. The number of nitrogens with zero attached hydrogens (tertiary/aromatic N) is 1. The molecule has 1 amide bonds. The van der Waals surface area contributed by atoms with E-state index in [1.165, 1.54) is 4.90 Å². The van der Waals surface area contributed by atoms with Crippen LogP contribution >= 0.6 is 0 Å². The van der Waals surface area contributed by atoms with Crippen molar-refractivity contribution in [3.05, 3.63) is 0 Å². The molecule has 1 aliphatic heterocycles. The fourth-order valence-electron chi connectivity index (χ4n) is 1.59. The summed E-state index contributed by atoms with van der Waals surface area (Å²) in [5.74, 6) is -1.06. The fourth-order valence-corrected chi connectivity index (χ4v) is 1.59. The Morgan fingerprint density at radius 1 is 1.40 bits per heavy atom. The molecule has 1 heterocycles. The van der Waals surface area contributed by atoms with Gasteiger partial charge in [0.2, 0.25) is 5.91 Å². The first-order valence-corrected chi connectivity index (χ1v) is 4.78. The van der Waals surface area contributed by atoms with Crippen LogP contribution in [0.5, 0.6) is 0 Å². The van der Waals surface area contributed by atoms with Gasteiger partial charge in [-0.15, -0.1) is 0 Å². The number of rotatable bonds is 2. The van der Waals surface area contributed by atoms with E-state index in [-0.39, 0.29) is 19.1 Å². The van der Waals surface area contributed by atoms with E-state index >= 15 is 0 Å². The zero-order chi connectivity index (χ0) is 11.6. The maximum Gasteiger partial charge on any atom is 0.230 e. The van der Waals surface area contributed by atoms with Crippen LogP contribution in [0, 0.1) is 5.92 Å². The van der Waals surface area contributed by atoms with Crippen LogP contribution < -0.4 is 0 Å². The first-order valence-electron chi connectivity index (χ1n) is 4.78. The third-order valence-corrected chi connectivity index (χ3v) is 2.57. The average molecular weight is 219 g/mol. The van der Waals surface area contributed by atoms with Gasteiger partial charge in [-0.1, -0.05) is 0 Å². The molecule has 15 heavy (non-hydrogen) atoms. The van der Waals surface area contributed by atoms with Crippen molar-refractivity contribution in [2.45, 2.75) is 18.3 Å². The van der Waals surface area contributed by atoms with Crippen molar-refractivity contribution in [3.63, 3.8) is 0 Å².